The Morgan fingerprint density at radius 3 is 2.96 bits per heavy atom. The third-order valence-corrected chi connectivity index (χ3v) is 6.81. The number of aliphatic hydroxyl groups is 1. The lowest BCUT2D eigenvalue weighted by Gasteiger charge is -2.32. The molecule has 3 rings (SSSR count). The summed E-state index contributed by atoms with van der Waals surface area (Å²) in [5.74, 6) is -0.172. The summed E-state index contributed by atoms with van der Waals surface area (Å²) in [6.45, 7) is 6.28. The second-order valence-electron chi connectivity index (χ2n) is 6.44. The fourth-order valence-corrected chi connectivity index (χ4v) is 5.27. The molecule has 0 saturated heterocycles. The molecule has 134 valence electrons. The van der Waals surface area contributed by atoms with Gasteiger partial charge in [0.25, 0.3) is 0 Å². The third-order valence-electron chi connectivity index (χ3n) is 4.93. The van der Waals surface area contributed by atoms with Crippen molar-refractivity contribution in [3.05, 3.63) is 40.8 Å². The van der Waals surface area contributed by atoms with Crippen LogP contribution in [0.5, 0.6) is 0 Å². The van der Waals surface area contributed by atoms with Crippen LogP contribution in [0.25, 0.3) is 10.9 Å². The number of benzene rings is 1. The highest BCUT2D eigenvalue weighted by Gasteiger charge is 2.37. The Labute approximate surface area is 162 Å². The van der Waals surface area contributed by atoms with Gasteiger partial charge < -0.3 is 9.84 Å². The number of ether oxygens (including phenoxy) is 1. The maximum Gasteiger partial charge on any atom is 0.338 e. The van der Waals surface area contributed by atoms with E-state index in [1.54, 1.807) is 6.92 Å². The van der Waals surface area contributed by atoms with Crippen molar-refractivity contribution in [3.63, 3.8) is 0 Å². The summed E-state index contributed by atoms with van der Waals surface area (Å²) in [4.78, 5) is 12.6. The molecule has 0 radical (unpaired) electrons. The van der Waals surface area contributed by atoms with Crippen LogP contribution < -0.4 is 0 Å². The average Bonchev–Trinajstić information content (AvgIpc) is 3.00. The predicted molar refractivity (Wildman–Crippen MR) is 110 cm³/mol. The number of aliphatic hydroxyl groups excluding tert-OH is 1. The molecule has 0 fully saturated rings. The van der Waals surface area contributed by atoms with Crippen LogP contribution in [0, 0.1) is 12.8 Å². The number of esters is 1. The smallest absolute Gasteiger partial charge is 0.338 e. The van der Waals surface area contributed by atoms with Crippen LogP contribution in [0.1, 0.15) is 43.7 Å². The predicted octanol–water partition coefficient (Wildman–Crippen LogP) is 5.03. The number of rotatable bonds is 4. The lowest BCUT2D eigenvalue weighted by atomic mass is 9.72. The van der Waals surface area contributed by atoms with Gasteiger partial charge in [-0.05, 0) is 65.4 Å². The van der Waals surface area contributed by atoms with E-state index in [9.17, 15) is 9.90 Å². The van der Waals surface area contributed by atoms with E-state index >= 15 is 0 Å². The molecule has 0 bridgehead atoms. The van der Waals surface area contributed by atoms with Crippen LogP contribution in [0.4, 0.5) is 0 Å². The highest BCUT2D eigenvalue weighted by Crippen LogP contribution is 2.45. The van der Waals surface area contributed by atoms with Gasteiger partial charge in [-0.3, -0.25) is 0 Å². The van der Waals surface area contributed by atoms with Crippen LogP contribution in [0.3, 0.4) is 0 Å². The minimum Gasteiger partial charge on any atom is -0.512 e. The molecule has 0 saturated carbocycles. The fourth-order valence-electron chi connectivity index (χ4n) is 3.72. The standard InChI is InChI=1S/C18H22IN2O3P/c1-4-24-18(23)17-14(22)8-6-11(3)16(17)15-10(2)5-7-13-12(15)9-20-21(13)25-19/h5,7,9,11,16,22,25H,4,6,8H2,1-3H3. The number of halogens is 1. The van der Waals surface area contributed by atoms with Gasteiger partial charge in [-0.2, -0.15) is 5.10 Å². The molecule has 7 heteroatoms. The maximum absolute atomic E-state index is 12.6. The quantitative estimate of drug-likeness (QED) is 0.386. The van der Waals surface area contributed by atoms with E-state index in [1.165, 1.54) is 0 Å². The van der Waals surface area contributed by atoms with Gasteiger partial charge in [0.05, 0.1) is 30.3 Å². The summed E-state index contributed by atoms with van der Waals surface area (Å²) < 4.78 is 7.22. The summed E-state index contributed by atoms with van der Waals surface area (Å²) >= 11 is 2.31. The molecule has 1 aromatic carbocycles. The second-order valence-corrected chi connectivity index (χ2v) is 8.48. The Hall–Kier alpha value is -1.14. The van der Waals surface area contributed by atoms with Crippen molar-refractivity contribution in [2.75, 3.05) is 6.61 Å². The molecule has 1 aliphatic carbocycles. The lowest BCUT2D eigenvalue weighted by Crippen LogP contribution is -2.26. The Balaban J connectivity index is 2.23. The topological polar surface area (TPSA) is 64.3 Å². The molecule has 1 aliphatic rings. The third kappa shape index (κ3) is 3.31. The van der Waals surface area contributed by atoms with Gasteiger partial charge in [0.2, 0.25) is 0 Å². The number of aryl methyl sites for hydroxylation is 1. The first kappa shape index (κ1) is 18.6. The van der Waals surface area contributed by atoms with Gasteiger partial charge in [-0.25, -0.2) is 9.25 Å². The summed E-state index contributed by atoms with van der Waals surface area (Å²) in [6.07, 6.45) is 3.76. The zero-order valence-electron chi connectivity index (χ0n) is 14.5. The van der Waals surface area contributed by atoms with Crippen molar-refractivity contribution in [2.45, 2.75) is 39.5 Å². The molecule has 1 aromatic heterocycles. The van der Waals surface area contributed by atoms with Crippen molar-refractivity contribution in [1.29, 1.82) is 0 Å². The van der Waals surface area contributed by atoms with E-state index in [1.807, 2.05) is 10.6 Å². The zero-order valence-corrected chi connectivity index (χ0v) is 17.7. The van der Waals surface area contributed by atoms with Crippen molar-refractivity contribution in [3.8, 4) is 0 Å². The summed E-state index contributed by atoms with van der Waals surface area (Å²) in [7, 11) is 0. The number of fused-ring (bicyclic) bond motifs is 1. The number of nitrogens with zero attached hydrogens (tertiary/aromatic N) is 2. The second kappa shape index (κ2) is 7.62. The molecule has 1 heterocycles. The largest absolute Gasteiger partial charge is 0.512 e. The van der Waals surface area contributed by atoms with E-state index in [0.717, 1.165) is 28.5 Å². The fraction of sp³-hybridized carbons (Fsp3) is 0.444. The first-order valence-corrected chi connectivity index (χ1v) is 12.5. The molecular weight excluding hydrogens is 450 g/mol. The van der Waals surface area contributed by atoms with E-state index in [-0.39, 0.29) is 17.6 Å². The highest BCUT2D eigenvalue weighted by atomic mass is 127. The van der Waals surface area contributed by atoms with Crippen molar-refractivity contribution >= 4 is 45.3 Å². The van der Waals surface area contributed by atoms with Crippen LogP contribution in [-0.2, 0) is 9.53 Å². The number of carbonyl (C=O) groups is 1. The summed E-state index contributed by atoms with van der Waals surface area (Å²) in [5.41, 5.74) is 3.67. The van der Waals surface area contributed by atoms with Gasteiger partial charge in [0.15, 0.2) is 0 Å². The van der Waals surface area contributed by atoms with E-state index in [2.05, 4.69) is 53.1 Å². The normalized spacial score (nSPS) is 21.4. The van der Waals surface area contributed by atoms with Gasteiger partial charge in [-0.1, -0.05) is 13.0 Å². The maximum atomic E-state index is 12.6. The molecular formula is C18H22IN2O3P. The number of allylic oxidation sites excluding steroid dienone is 1. The van der Waals surface area contributed by atoms with Gasteiger partial charge in [0, 0.05) is 17.7 Å². The lowest BCUT2D eigenvalue weighted by molar-refractivity contribution is -0.139. The van der Waals surface area contributed by atoms with Gasteiger partial charge in [0.1, 0.15) is 5.76 Å². The van der Waals surface area contributed by atoms with Crippen LogP contribution >= 0.6 is 28.4 Å². The molecule has 0 amide bonds. The first-order chi connectivity index (χ1) is 12.0. The molecule has 3 atom stereocenters. The molecule has 25 heavy (non-hydrogen) atoms. The van der Waals surface area contributed by atoms with E-state index in [4.69, 9.17) is 4.74 Å². The molecule has 2 aromatic rings. The van der Waals surface area contributed by atoms with Gasteiger partial charge >= 0.3 is 5.97 Å². The van der Waals surface area contributed by atoms with E-state index < -0.39 is 5.97 Å². The van der Waals surface area contributed by atoms with Crippen molar-refractivity contribution in [2.24, 2.45) is 5.92 Å². The zero-order chi connectivity index (χ0) is 18.1. The molecule has 3 unspecified atom stereocenters. The highest BCUT2D eigenvalue weighted by molar-refractivity contribution is 14.2. The molecule has 1 N–H and O–H groups in total. The van der Waals surface area contributed by atoms with E-state index in [0.29, 0.717) is 25.0 Å². The molecule has 0 spiro atoms. The van der Waals surface area contributed by atoms with Crippen LogP contribution in [-0.4, -0.2) is 27.2 Å². The Morgan fingerprint density at radius 2 is 2.28 bits per heavy atom. The Bertz CT molecular complexity index is 846. The number of carbonyl (C=O) groups excluding carboxylic acids is 1. The monoisotopic (exact) mass is 472 g/mol. The van der Waals surface area contributed by atoms with Gasteiger partial charge in [-0.15, -0.1) is 0 Å². The number of hydrogen-bond acceptors (Lipinski definition) is 4. The SMILES string of the molecule is CCOC(=O)C1=C(O)CCC(C)C1c1c(C)ccc2c1cnn2PI. The number of aromatic nitrogens is 2. The Kier molecular flexibility index (Phi) is 5.68. The van der Waals surface area contributed by atoms with Crippen molar-refractivity contribution in [1.82, 2.24) is 9.55 Å². The minimum absolute atomic E-state index is 0.168. The molecule has 0 aliphatic heterocycles. The van der Waals surface area contributed by atoms with Crippen LogP contribution in [0.15, 0.2) is 29.7 Å². The number of hydrogen-bond donors (Lipinski definition) is 1. The summed E-state index contributed by atoms with van der Waals surface area (Å²) in [5, 5.41) is 16.0. The first-order valence-electron chi connectivity index (χ1n) is 8.42. The van der Waals surface area contributed by atoms with Crippen molar-refractivity contribution < 1.29 is 14.6 Å². The average molecular weight is 472 g/mol. The summed E-state index contributed by atoms with van der Waals surface area (Å²) in [6, 6.07) is 4.15. The minimum atomic E-state index is -0.406. The molecule has 5 nitrogen and oxygen atoms in total. The Morgan fingerprint density at radius 1 is 1.52 bits per heavy atom. The van der Waals surface area contributed by atoms with Crippen LogP contribution in [0.2, 0.25) is 0 Å².